The first kappa shape index (κ1) is 17.0. The molecule has 0 atom stereocenters. The van der Waals surface area contributed by atoms with Crippen molar-refractivity contribution in [3.8, 4) is 6.07 Å². The molecule has 4 rings (SSSR count). The number of carbonyl (C=O) groups excluding carboxylic acids is 1. The van der Waals surface area contributed by atoms with Crippen molar-refractivity contribution >= 4 is 22.6 Å². The first-order valence-corrected chi connectivity index (χ1v) is 9.06. The SMILES string of the molecule is Cc1ccc(C(=O)N2CCN(c3nc4ccccc4cc3C#N)CC2)cc1. The van der Waals surface area contributed by atoms with Gasteiger partial charge in [-0.3, -0.25) is 4.79 Å². The van der Waals surface area contributed by atoms with Gasteiger partial charge >= 0.3 is 0 Å². The van der Waals surface area contributed by atoms with E-state index in [0.29, 0.717) is 37.6 Å². The fraction of sp³-hybridized carbons (Fsp3) is 0.227. The summed E-state index contributed by atoms with van der Waals surface area (Å²) >= 11 is 0. The van der Waals surface area contributed by atoms with Crippen molar-refractivity contribution in [1.82, 2.24) is 9.88 Å². The van der Waals surface area contributed by atoms with Gasteiger partial charge in [0.2, 0.25) is 0 Å². The average Bonchev–Trinajstić information content (AvgIpc) is 2.73. The number of hydrogen-bond donors (Lipinski definition) is 0. The first-order valence-electron chi connectivity index (χ1n) is 9.06. The Kier molecular flexibility index (Phi) is 4.47. The minimum Gasteiger partial charge on any atom is -0.352 e. The van der Waals surface area contributed by atoms with E-state index < -0.39 is 0 Å². The highest BCUT2D eigenvalue weighted by atomic mass is 16.2. The molecule has 2 aromatic carbocycles. The highest BCUT2D eigenvalue weighted by Crippen LogP contribution is 2.24. The molecule has 1 aliphatic heterocycles. The minimum absolute atomic E-state index is 0.0571. The topological polar surface area (TPSA) is 60.2 Å². The van der Waals surface area contributed by atoms with Gasteiger partial charge in [0.1, 0.15) is 11.9 Å². The molecular weight excluding hydrogens is 336 g/mol. The fourth-order valence-corrected chi connectivity index (χ4v) is 3.43. The number of piperazine rings is 1. The van der Waals surface area contributed by atoms with E-state index in [-0.39, 0.29) is 5.91 Å². The summed E-state index contributed by atoms with van der Waals surface area (Å²) < 4.78 is 0. The Morgan fingerprint density at radius 3 is 2.44 bits per heavy atom. The second-order valence-corrected chi connectivity index (χ2v) is 6.81. The third kappa shape index (κ3) is 3.34. The second-order valence-electron chi connectivity index (χ2n) is 6.81. The molecule has 0 saturated carbocycles. The maximum Gasteiger partial charge on any atom is 0.253 e. The number of benzene rings is 2. The molecule has 2 heterocycles. The summed E-state index contributed by atoms with van der Waals surface area (Å²) in [4.78, 5) is 21.4. The van der Waals surface area contributed by atoms with Gasteiger partial charge in [0, 0.05) is 37.1 Å². The molecule has 0 N–H and O–H groups in total. The molecule has 27 heavy (non-hydrogen) atoms. The lowest BCUT2D eigenvalue weighted by molar-refractivity contribution is 0.0746. The van der Waals surface area contributed by atoms with Crippen molar-refractivity contribution in [3.63, 3.8) is 0 Å². The van der Waals surface area contributed by atoms with Gasteiger partial charge in [-0.2, -0.15) is 5.26 Å². The summed E-state index contributed by atoms with van der Waals surface area (Å²) in [7, 11) is 0. The number of rotatable bonds is 2. The number of nitriles is 1. The maximum absolute atomic E-state index is 12.7. The number of hydrogen-bond acceptors (Lipinski definition) is 4. The molecule has 5 nitrogen and oxygen atoms in total. The lowest BCUT2D eigenvalue weighted by Crippen LogP contribution is -2.49. The third-order valence-corrected chi connectivity index (χ3v) is 4.99. The van der Waals surface area contributed by atoms with Crippen molar-refractivity contribution in [2.75, 3.05) is 31.1 Å². The van der Waals surface area contributed by atoms with E-state index >= 15 is 0 Å². The van der Waals surface area contributed by atoms with Gasteiger partial charge in [0.15, 0.2) is 0 Å². The Balaban J connectivity index is 1.52. The van der Waals surface area contributed by atoms with Gasteiger partial charge in [-0.15, -0.1) is 0 Å². The predicted octanol–water partition coefficient (Wildman–Crippen LogP) is 3.38. The van der Waals surface area contributed by atoms with Crippen LogP contribution in [0.15, 0.2) is 54.6 Å². The summed E-state index contributed by atoms with van der Waals surface area (Å²) in [6, 6.07) is 19.6. The van der Waals surface area contributed by atoms with E-state index in [2.05, 4.69) is 11.0 Å². The predicted molar refractivity (Wildman–Crippen MR) is 106 cm³/mol. The standard InChI is InChI=1S/C22H20N4O/c1-16-6-8-17(9-7-16)22(27)26-12-10-25(11-13-26)21-19(15-23)14-18-4-2-3-5-20(18)24-21/h2-9,14H,10-13H2,1H3. The molecule has 3 aromatic rings. The van der Waals surface area contributed by atoms with Crippen LogP contribution in [0.5, 0.6) is 0 Å². The number of amides is 1. The van der Waals surface area contributed by atoms with Gasteiger partial charge in [-0.1, -0.05) is 35.9 Å². The molecule has 5 heteroatoms. The van der Waals surface area contributed by atoms with Crippen LogP contribution in [0.25, 0.3) is 10.9 Å². The monoisotopic (exact) mass is 356 g/mol. The zero-order chi connectivity index (χ0) is 18.8. The fourth-order valence-electron chi connectivity index (χ4n) is 3.43. The third-order valence-electron chi connectivity index (χ3n) is 4.99. The summed E-state index contributed by atoms with van der Waals surface area (Å²) in [6.45, 7) is 4.57. The van der Waals surface area contributed by atoms with Crippen LogP contribution in [0.4, 0.5) is 5.82 Å². The second kappa shape index (κ2) is 7.08. The Hall–Kier alpha value is -3.39. The quantitative estimate of drug-likeness (QED) is 0.706. The number of nitrogens with zero attached hydrogens (tertiary/aromatic N) is 4. The van der Waals surface area contributed by atoms with Crippen molar-refractivity contribution < 1.29 is 4.79 Å². The van der Waals surface area contributed by atoms with Crippen molar-refractivity contribution in [3.05, 3.63) is 71.3 Å². The molecule has 1 aliphatic rings. The molecule has 0 spiro atoms. The normalized spacial score (nSPS) is 14.2. The molecule has 1 amide bonds. The molecule has 0 aliphatic carbocycles. The molecule has 0 bridgehead atoms. The number of fused-ring (bicyclic) bond motifs is 1. The van der Waals surface area contributed by atoms with E-state index in [1.807, 2.05) is 66.4 Å². The lowest BCUT2D eigenvalue weighted by Gasteiger charge is -2.35. The number of pyridine rings is 1. The Morgan fingerprint density at radius 1 is 1.04 bits per heavy atom. The molecule has 1 fully saturated rings. The van der Waals surface area contributed by atoms with E-state index in [1.165, 1.54) is 0 Å². The van der Waals surface area contributed by atoms with Crippen LogP contribution in [0.3, 0.4) is 0 Å². The number of aromatic nitrogens is 1. The van der Waals surface area contributed by atoms with Crippen molar-refractivity contribution in [1.29, 1.82) is 5.26 Å². The van der Waals surface area contributed by atoms with Crippen LogP contribution < -0.4 is 4.90 Å². The number of para-hydroxylation sites is 1. The van der Waals surface area contributed by atoms with Crippen LogP contribution in [-0.4, -0.2) is 42.0 Å². The largest absolute Gasteiger partial charge is 0.352 e. The van der Waals surface area contributed by atoms with Gasteiger partial charge < -0.3 is 9.80 Å². The smallest absolute Gasteiger partial charge is 0.253 e. The van der Waals surface area contributed by atoms with Crippen molar-refractivity contribution in [2.45, 2.75) is 6.92 Å². The highest BCUT2D eigenvalue weighted by Gasteiger charge is 2.24. The number of aryl methyl sites for hydroxylation is 1. The van der Waals surface area contributed by atoms with E-state index in [0.717, 1.165) is 22.0 Å². The summed E-state index contributed by atoms with van der Waals surface area (Å²) in [5.41, 5.74) is 3.31. The Labute approximate surface area is 158 Å². The zero-order valence-corrected chi connectivity index (χ0v) is 15.2. The molecule has 1 aromatic heterocycles. The molecule has 0 unspecified atom stereocenters. The first-order chi connectivity index (χ1) is 13.2. The molecular formula is C22H20N4O. The van der Waals surface area contributed by atoms with Crippen LogP contribution in [0.2, 0.25) is 0 Å². The number of carbonyl (C=O) groups is 1. The molecule has 134 valence electrons. The summed E-state index contributed by atoms with van der Waals surface area (Å²) in [5.74, 6) is 0.764. The van der Waals surface area contributed by atoms with Crippen molar-refractivity contribution in [2.24, 2.45) is 0 Å². The van der Waals surface area contributed by atoms with Crippen LogP contribution in [-0.2, 0) is 0 Å². The van der Waals surface area contributed by atoms with Crippen LogP contribution in [0.1, 0.15) is 21.5 Å². The van der Waals surface area contributed by atoms with Gasteiger partial charge in [-0.25, -0.2) is 4.98 Å². The van der Waals surface area contributed by atoms with Gasteiger partial charge in [-0.05, 0) is 31.2 Å². The Morgan fingerprint density at radius 2 is 1.74 bits per heavy atom. The maximum atomic E-state index is 12.7. The van der Waals surface area contributed by atoms with Crippen LogP contribution >= 0.6 is 0 Å². The lowest BCUT2D eigenvalue weighted by atomic mass is 10.1. The van der Waals surface area contributed by atoms with Gasteiger partial charge in [0.25, 0.3) is 5.91 Å². The van der Waals surface area contributed by atoms with E-state index in [9.17, 15) is 10.1 Å². The zero-order valence-electron chi connectivity index (χ0n) is 15.2. The summed E-state index contributed by atoms with van der Waals surface area (Å²) in [5, 5.41) is 10.5. The highest BCUT2D eigenvalue weighted by molar-refractivity contribution is 5.94. The van der Waals surface area contributed by atoms with Gasteiger partial charge in [0.05, 0.1) is 11.1 Å². The van der Waals surface area contributed by atoms with Crippen LogP contribution in [0, 0.1) is 18.3 Å². The molecule has 0 radical (unpaired) electrons. The van der Waals surface area contributed by atoms with E-state index in [4.69, 9.17) is 4.98 Å². The average molecular weight is 356 g/mol. The molecule has 1 saturated heterocycles. The number of anilines is 1. The summed E-state index contributed by atoms with van der Waals surface area (Å²) in [6.07, 6.45) is 0. The Bertz CT molecular complexity index is 1030. The minimum atomic E-state index is 0.0571. The van der Waals surface area contributed by atoms with E-state index in [1.54, 1.807) is 0 Å².